The maximum atomic E-state index is 12.9. The van der Waals surface area contributed by atoms with E-state index < -0.39 is 11.7 Å². The minimum Gasteiger partial charge on any atom is -0.314 e. The van der Waals surface area contributed by atoms with Gasteiger partial charge in [0.25, 0.3) is 0 Å². The van der Waals surface area contributed by atoms with E-state index in [1.54, 1.807) is 6.07 Å². The van der Waals surface area contributed by atoms with Crippen molar-refractivity contribution in [3.8, 4) is 0 Å². The smallest absolute Gasteiger partial charge is 0.314 e. The van der Waals surface area contributed by atoms with Crippen molar-refractivity contribution in [3.05, 3.63) is 33.8 Å². The molecule has 2 rings (SSSR count). The summed E-state index contributed by atoms with van der Waals surface area (Å²) in [5.74, 6) is 0. The lowest BCUT2D eigenvalue weighted by Gasteiger charge is -2.35. The Morgan fingerprint density at radius 3 is 2.45 bits per heavy atom. The van der Waals surface area contributed by atoms with Crippen molar-refractivity contribution in [1.82, 2.24) is 10.2 Å². The normalized spacial score (nSPS) is 19.1. The largest absolute Gasteiger partial charge is 0.416 e. The molecule has 20 heavy (non-hydrogen) atoms. The fraction of sp³-hybridized carbons (Fsp3) is 0.571. The second-order valence-corrected chi connectivity index (χ2v) is 5.90. The number of alkyl halides is 3. The predicted octanol–water partition coefficient (Wildman–Crippen LogP) is 3.82. The lowest BCUT2D eigenvalue weighted by molar-refractivity contribution is -0.137. The minimum atomic E-state index is -4.31. The van der Waals surface area contributed by atoms with Gasteiger partial charge in [0.2, 0.25) is 0 Å². The lowest BCUT2D eigenvalue weighted by atomic mass is 9.99. The van der Waals surface area contributed by atoms with Crippen molar-refractivity contribution in [2.45, 2.75) is 25.6 Å². The number of piperazine rings is 1. The highest BCUT2D eigenvalue weighted by Crippen LogP contribution is 2.35. The molecule has 112 valence electrons. The van der Waals surface area contributed by atoms with Gasteiger partial charge in [-0.25, -0.2) is 0 Å². The molecule has 0 saturated carbocycles. The molecular formula is C14H18BrF3N2. The molecule has 1 aliphatic heterocycles. The molecule has 1 aliphatic rings. The third-order valence-corrected chi connectivity index (χ3v) is 4.07. The Morgan fingerprint density at radius 1 is 1.25 bits per heavy atom. The summed E-state index contributed by atoms with van der Waals surface area (Å²) >= 11 is 3.20. The van der Waals surface area contributed by atoms with Gasteiger partial charge in [0.15, 0.2) is 0 Å². The van der Waals surface area contributed by atoms with Gasteiger partial charge in [-0.05, 0) is 30.2 Å². The van der Waals surface area contributed by atoms with Crippen molar-refractivity contribution in [2.75, 3.05) is 26.2 Å². The van der Waals surface area contributed by atoms with Gasteiger partial charge in [-0.15, -0.1) is 0 Å². The van der Waals surface area contributed by atoms with Crippen molar-refractivity contribution in [1.29, 1.82) is 0 Å². The predicted molar refractivity (Wildman–Crippen MR) is 76.6 cm³/mol. The molecule has 1 aromatic rings. The van der Waals surface area contributed by atoms with Crippen LogP contribution in [0, 0.1) is 0 Å². The third-order valence-electron chi connectivity index (χ3n) is 3.61. The summed E-state index contributed by atoms with van der Waals surface area (Å²) < 4.78 is 39.2. The molecule has 1 saturated heterocycles. The Balaban J connectivity index is 2.31. The second-order valence-electron chi connectivity index (χ2n) is 4.98. The van der Waals surface area contributed by atoms with Gasteiger partial charge in [0.05, 0.1) is 5.56 Å². The first-order valence-corrected chi connectivity index (χ1v) is 7.53. The maximum absolute atomic E-state index is 12.9. The first kappa shape index (κ1) is 15.8. The van der Waals surface area contributed by atoms with Crippen LogP contribution < -0.4 is 5.32 Å². The number of hydrogen-bond acceptors (Lipinski definition) is 2. The van der Waals surface area contributed by atoms with Gasteiger partial charge in [-0.1, -0.05) is 22.9 Å². The summed E-state index contributed by atoms with van der Waals surface area (Å²) in [5, 5.41) is 3.26. The zero-order chi connectivity index (χ0) is 14.8. The zero-order valence-corrected chi connectivity index (χ0v) is 12.9. The van der Waals surface area contributed by atoms with Crippen LogP contribution in [0.15, 0.2) is 22.7 Å². The molecule has 0 spiro atoms. The molecule has 0 radical (unpaired) electrons. The molecule has 0 aromatic heterocycles. The Labute approximate surface area is 125 Å². The average Bonchev–Trinajstić information content (AvgIpc) is 2.39. The van der Waals surface area contributed by atoms with E-state index in [1.807, 2.05) is 6.92 Å². The van der Waals surface area contributed by atoms with Crippen LogP contribution in [-0.4, -0.2) is 31.1 Å². The van der Waals surface area contributed by atoms with Crippen LogP contribution in [0.4, 0.5) is 13.2 Å². The molecule has 1 N–H and O–H groups in total. The standard InChI is InChI=1S/C14H18BrF3N2/c1-2-13(20-5-3-19-4-6-20)10-7-11(14(16,17)18)9-12(15)8-10/h7-9,13,19H,2-6H2,1H3/t13-/m0/s1. The molecule has 1 atom stereocenters. The van der Waals surface area contributed by atoms with E-state index in [-0.39, 0.29) is 6.04 Å². The molecule has 6 heteroatoms. The Kier molecular flexibility index (Phi) is 5.09. The van der Waals surface area contributed by atoms with E-state index in [2.05, 4.69) is 26.1 Å². The summed E-state index contributed by atoms with van der Waals surface area (Å²) in [7, 11) is 0. The Morgan fingerprint density at radius 2 is 1.90 bits per heavy atom. The van der Waals surface area contributed by atoms with Crippen LogP contribution in [0.5, 0.6) is 0 Å². The van der Waals surface area contributed by atoms with Gasteiger partial charge in [0, 0.05) is 36.7 Å². The first-order chi connectivity index (χ1) is 9.41. The number of nitrogens with zero attached hydrogens (tertiary/aromatic N) is 1. The first-order valence-electron chi connectivity index (χ1n) is 6.74. The molecule has 0 aliphatic carbocycles. The van der Waals surface area contributed by atoms with Crippen LogP contribution in [0.25, 0.3) is 0 Å². The topological polar surface area (TPSA) is 15.3 Å². The highest BCUT2D eigenvalue weighted by atomic mass is 79.9. The molecule has 2 nitrogen and oxygen atoms in total. The van der Waals surface area contributed by atoms with Crippen molar-refractivity contribution < 1.29 is 13.2 Å². The monoisotopic (exact) mass is 350 g/mol. The summed E-state index contributed by atoms with van der Waals surface area (Å²) in [6, 6.07) is 4.25. The Hall–Kier alpha value is -0.590. The van der Waals surface area contributed by atoms with Crippen molar-refractivity contribution in [2.24, 2.45) is 0 Å². The maximum Gasteiger partial charge on any atom is 0.416 e. The lowest BCUT2D eigenvalue weighted by Crippen LogP contribution is -2.45. The minimum absolute atomic E-state index is 0.0377. The number of rotatable bonds is 3. The summed E-state index contributed by atoms with van der Waals surface area (Å²) in [6.07, 6.45) is -3.51. The molecule has 0 unspecified atom stereocenters. The fourth-order valence-electron chi connectivity index (χ4n) is 2.67. The number of hydrogen-bond donors (Lipinski definition) is 1. The van der Waals surface area contributed by atoms with E-state index in [9.17, 15) is 13.2 Å². The molecule has 0 amide bonds. The second kappa shape index (κ2) is 6.45. The van der Waals surface area contributed by atoms with Crippen LogP contribution >= 0.6 is 15.9 Å². The molecular weight excluding hydrogens is 333 g/mol. The van der Waals surface area contributed by atoms with Gasteiger partial charge in [-0.3, -0.25) is 4.90 Å². The van der Waals surface area contributed by atoms with Crippen LogP contribution in [-0.2, 0) is 6.18 Å². The van der Waals surface area contributed by atoms with Crippen LogP contribution in [0.2, 0.25) is 0 Å². The quantitative estimate of drug-likeness (QED) is 0.891. The van der Waals surface area contributed by atoms with Crippen LogP contribution in [0.3, 0.4) is 0 Å². The molecule has 1 fully saturated rings. The van der Waals surface area contributed by atoms with Gasteiger partial charge >= 0.3 is 6.18 Å². The number of halogens is 4. The zero-order valence-electron chi connectivity index (χ0n) is 11.3. The summed E-state index contributed by atoms with van der Waals surface area (Å²) in [4.78, 5) is 2.25. The van der Waals surface area contributed by atoms with E-state index in [4.69, 9.17) is 0 Å². The van der Waals surface area contributed by atoms with E-state index in [0.717, 1.165) is 44.2 Å². The van der Waals surface area contributed by atoms with Gasteiger partial charge < -0.3 is 5.32 Å². The number of nitrogens with one attached hydrogen (secondary N) is 1. The van der Waals surface area contributed by atoms with Gasteiger partial charge in [0.1, 0.15) is 0 Å². The molecule has 1 heterocycles. The van der Waals surface area contributed by atoms with Crippen molar-refractivity contribution in [3.63, 3.8) is 0 Å². The SMILES string of the molecule is CC[C@@H](c1cc(Br)cc(C(F)(F)F)c1)N1CCNCC1. The van der Waals surface area contributed by atoms with Gasteiger partial charge in [-0.2, -0.15) is 13.2 Å². The third kappa shape index (κ3) is 3.74. The molecule has 1 aromatic carbocycles. The fourth-order valence-corrected chi connectivity index (χ4v) is 3.18. The molecule has 0 bridgehead atoms. The summed E-state index contributed by atoms with van der Waals surface area (Å²) in [6.45, 7) is 5.52. The van der Waals surface area contributed by atoms with E-state index in [0.29, 0.717) is 4.47 Å². The van der Waals surface area contributed by atoms with Crippen LogP contribution in [0.1, 0.15) is 30.5 Å². The van der Waals surface area contributed by atoms with Crippen molar-refractivity contribution >= 4 is 15.9 Å². The van der Waals surface area contributed by atoms with E-state index >= 15 is 0 Å². The average molecular weight is 351 g/mol. The highest BCUT2D eigenvalue weighted by Gasteiger charge is 2.32. The summed E-state index contributed by atoms with van der Waals surface area (Å²) in [5.41, 5.74) is 0.145. The number of benzene rings is 1. The Bertz CT molecular complexity index is 456. The highest BCUT2D eigenvalue weighted by molar-refractivity contribution is 9.10. The van der Waals surface area contributed by atoms with E-state index in [1.165, 1.54) is 6.07 Å².